The maximum absolute atomic E-state index is 13.7. The van der Waals surface area contributed by atoms with Gasteiger partial charge in [-0.3, -0.25) is 0 Å². The molecule has 0 saturated heterocycles. The second kappa shape index (κ2) is 5.32. The second-order valence-electron chi connectivity index (χ2n) is 4.16. The van der Waals surface area contributed by atoms with E-state index in [1.807, 2.05) is 6.92 Å². The summed E-state index contributed by atoms with van der Waals surface area (Å²) in [6.07, 6.45) is 0. The van der Waals surface area contributed by atoms with Crippen molar-refractivity contribution in [3.05, 3.63) is 59.2 Å². The van der Waals surface area contributed by atoms with E-state index in [1.165, 1.54) is 24.3 Å². The summed E-state index contributed by atoms with van der Waals surface area (Å²) in [5.74, 6) is -0.845. The quantitative estimate of drug-likeness (QED) is 0.842. The fourth-order valence-corrected chi connectivity index (χ4v) is 1.88. The lowest BCUT2D eigenvalue weighted by molar-refractivity contribution is 0.627. The first-order chi connectivity index (χ1) is 8.97. The third-order valence-corrected chi connectivity index (χ3v) is 2.86. The molecule has 0 saturated carbocycles. The molecule has 0 amide bonds. The van der Waals surface area contributed by atoms with Gasteiger partial charge >= 0.3 is 0 Å². The van der Waals surface area contributed by atoms with Gasteiger partial charge < -0.3 is 11.1 Å². The monoisotopic (exact) mass is 278 g/mol. The molecule has 0 aliphatic heterocycles. The van der Waals surface area contributed by atoms with Crippen molar-refractivity contribution in [3.63, 3.8) is 0 Å². The van der Waals surface area contributed by atoms with Gasteiger partial charge in [0.05, 0.1) is 5.69 Å². The van der Waals surface area contributed by atoms with Crippen molar-refractivity contribution < 1.29 is 8.78 Å². The molecule has 0 spiro atoms. The lowest BCUT2D eigenvalue weighted by Gasteiger charge is -2.12. The molecule has 5 heteroatoms. The average molecular weight is 278 g/mol. The number of nitrogens with two attached hydrogens (primary N) is 1. The molecule has 0 aliphatic rings. The highest BCUT2D eigenvalue weighted by atomic mass is 32.1. The summed E-state index contributed by atoms with van der Waals surface area (Å²) in [4.78, 5) is 0.0510. The molecule has 0 heterocycles. The highest BCUT2D eigenvalue weighted by molar-refractivity contribution is 7.80. The highest BCUT2D eigenvalue weighted by Crippen LogP contribution is 2.24. The first kappa shape index (κ1) is 13.4. The van der Waals surface area contributed by atoms with Crippen molar-refractivity contribution in [1.82, 2.24) is 0 Å². The summed E-state index contributed by atoms with van der Waals surface area (Å²) in [5, 5.41) is 2.88. The zero-order valence-corrected chi connectivity index (χ0v) is 11.0. The fourth-order valence-electron chi connectivity index (χ4n) is 1.71. The predicted octanol–water partition coefficient (Wildman–Crippen LogP) is 3.65. The van der Waals surface area contributed by atoms with Crippen LogP contribution in [0, 0.1) is 18.6 Å². The lowest BCUT2D eigenvalue weighted by Crippen LogP contribution is -2.12. The number of hydrogen-bond acceptors (Lipinski definition) is 2. The number of benzene rings is 2. The Labute approximate surface area is 115 Å². The molecule has 2 aromatic carbocycles. The Morgan fingerprint density at radius 1 is 1.11 bits per heavy atom. The fraction of sp³-hybridized carbons (Fsp3) is 0.0714. The molecular formula is C14H12F2N2S. The molecular weight excluding hydrogens is 266 g/mol. The molecule has 2 rings (SSSR count). The minimum absolute atomic E-state index is 0.0510. The van der Waals surface area contributed by atoms with Crippen LogP contribution in [0.3, 0.4) is 0 Å². The SMILES string of the molecule is Cc1ccc(F)c(Nc2ccc(F)cc2C(N)=S)c1. The summed E-state index contributed by atoms with van der Waals surface area (Å²) in [7, 11) is 0. The minimum atomic E-state index is -0.446. The van der Waals surface area contributed by atoms with Gasteiger partial charge in [-0.15, -0.1) is 0 Å². The van der Waals surface area contributed by atoms with Crippen LogP contribution in [-0.2, 0) is 0 Å². The molecule has 98 valence electrons. The smallest absolute Gasteiger partial charge is 0.146 e. The van der Waals surface area contributed by atoms with E-state index < -0.39 is 11.6 Å². The molecule has 0 bridgehead atoms. The first-order valence-electron chi connectivity index (χ1n) is 5.60. The van der Waals surface area contributed by atoms with Crippen LogP contribution in [0.15, 0.2) is 36.4 Å². The van der Waals surface area contributed by atoms with Gasteiger partial charge in [-0.2, -0.15) is 0 Å². The topological polar surface area (TPSA) is 38.0 Å². The van der Waals surface area contributed by atoms with Gasteiger partial charge in [-0.05, 0) is 42.8 Å². The van der Waals surface area contributed by atoms with Gasteiger partial charge in [-0.25, -0.2) is 8.78 Å². The van der Waals surface area contributed by atoms with Crippen molar-refractivity contribution in [2.24, 2.45) is 5.73 Å². The van der Waals surface area contributed by atoms with Gasteiger partial charge in [0, 0.05) is 11.3 Å². The molecule has 0 aliphatic carbocycles. The largest absolute Gasteiger partial charge is 0.389 e. The summed E-state index contributed by atoms with van der Waals surface area (Å²) >= 11 is 4.86. The van der Waals surface area contributed by atoms with E-state index in [9.17, 15) is 8.78 Å². The minimum Gasteiger partial charge on any atom is -0.389 e. The Bertz CT molecular complexity index is 641. The zero-order valence-electron chi connectivity index (χ0n) is 10.2. The Balaban J connectivity index is 2.43. The molecule has 19 heavy (non-hydrogen) atoms. The summed E-state index contributed by atoms with van der Waals surface area (Å²) < 4.78 is 26.8. The van der Waals surface area contributed by atoms with Gasteiger partial charge in [0.15, 0.2) is 0 Å². The van der Waals surface area contributed by atoms with E-state index in [1.54, 1.807) is 12.1 Å². The highest BCUT2D eigenvalue weighted by Gasteiger charge is 2.09. The number of hydrogen-bond donors (Lipinski definition) is 2. The van der Waals surface area contributed by atoms with Gasteiger partial charge in [-0.1, -0.05) is 18.3 Å². The Morgan fingerprint density at radius 3 is 2.53 bits per heavy atom. The van der Waals surface area contributed by atoms with E-state index in [-0.39, 0.29) is 4.99 Å². The number of anilines is 2. The molecule has 0 fully saturated rings. The zero-order chi connectivity index (χ0) is 14.0. The van der Waals surface area contributed by atoms with Crippen LogP contribution in [-0.4, -0.2) is 4.99 Å². The van der Waals surface area contributed by atoms with Crippen LogP contribution >= 0.6 is 12.2 Å². The van der Waals surface area contributed by atoms with Gasteiger partial charge in [0.25, 0.3) is 0 Å². The number of nitrogens with one attached hydrogen (secondary N) is 1. The number of rotatable bonds is 3. The Morgan fingerprint density at radius 2 is 1.84 bits per heavy atom. The van der Waals surface area contributed by atoms with E-state index in [0.29, 0.717) is 16.9 Å². The molecule has 3 N–H and O–H groups in total. The van der Waals surface area contributed by atoms with Crippen molar-refractivity contribution in [1.29, 1.82) is 0 Å². The van der Waals surface area contributed by atoms with E-state index in [4.69, 9.17) is 18.0 Å². The molecule has 0 unspecified atom stereocenters. The van der Waals surface area contributed by atoms with E-state index in [2.05, 4.69) is 5.32 Å². The average Bonchev–Trinajstić information content (AvgIpc) is 2.35. The summed E-state index contributed by atoms with van der Waals surface area (Å²) in [6.45, 7) is 1.85. The first-order valence-corrected chi connectivity index (χ1v) is 6.01. The van der Waals surface area contributed by atoms with Crippen LogP contribution in [0.5, 0.6) is 0 Å². The molecule has 2 aromatic rings. The Kier molecular flexibility index (Phi) is 3.76. The van der Waals surface area contributed by atoms with Gasteiger partial charge in [0.1, 0.15) is 16.6 Å². The van der Waals surface area contributed by atoms with Crippen LogP contribution < -0.4 is 11.1 Å². The third kappa shape index (κ3) is 3.06. The predicted molar refractivity (Wildman–Crippen MR) is 76.7 cm³/mol. The van der Waals surface area contributed by atoms with Crippen molar-refractivity contribution in [3.8, 4) is 0 Å². The van der Waals surface area contributed by atoms with E-state index in [0.717, 1.165) is 5.56 Å². The maximum Gasteiger partial charge on any atom is 0.146 e. The van der Waals surface area contributed by atoms with Crippen molar-refractivity contribution in [2.75, 3.05) is 5.32 Å². The molecule has 0 aromatic heterocycles. The summed E-state index contributed by atoms with van der Waals surface area (Å²) in [6, 6.07) is 8.64. The van der Waals surface area contributed by atoms with Crippen LogP contribution in [0.1, 0.15) is 11.1 Å². The molecule has 2 nitrogen and oxygen atoms in total. The lowest BCUT2D eigenvalue weighted by atomic mass is 10.1. The number of thiocarbonyl (C=S) groups is 1. The van der Waals surface area contributed by atoms with Crippen LogP contribution in [0.2, 0.25) is 0 Å². The second-order valence-corrected chi connectivity index (χ2v) is 4.60. The molecule has 0 radical (unpaired) electrons. The van der Waals surface area contributed by atoms with Crippen LogP contribution in [0.4, 0.5) is 20.2 Å². The molecule has 0 atom stereocenters. The van der Waals surface area contributed by atoms with Gasteiger partial charge in [0.2, 0.25) is 0 Å². The standard InChI is InChI=1S/C14H12F2N2S/c1-8-2-4-11(16)13(6-8)18-12-5-3-9(15)7-10(12)14(17)19/h2-7,18H,1H3,(H2,17,19). The number of aryl methyl sites for hydroxylation is 1. The normalized spacial score (nSPS) is 10.3. The third-order valence-electron chi connectivity index (χ3n) is 2.64. The van der Waals surface area contributed by atoms with Crippen LogP contribution in [0.25, 0.3) is 0 Å². The van der Waals surface area contributed by atoms with Crippen molar-refractivity contribution in [2.45, 2.75) is 6.92 Å². The number of halogens is 2. The van der Waals surface area contributed by atoms with E-state index >= 15 is 0 Å². The maximum atomic E-state index is 13.7. The summed E-state index contributed by atoms with van der Waals surface area (Å²) in [5.41, 5.74) is 7.55. The Hall–Kier alpha value is -2.01. The van der Waals surface area contributed by atoms with Crippen molar-refractivity contribution >= 4 is 28.6 Å².